The van der Waals surface area contributed by atoms with E-state index in [0.717, 1.165) is 6.92 Å². The van der Waals surface area contributed by atoms with Gasteiger partial charge in [-0.2, -0.15) is 0 Å². The van der Waals surface area contributed by atoms with E-state index in [0.29, 0.717) is 0 Å². The number of alkyl halides is 1. The zero-order valence-corrected chi connectivity index (χ0v) is 7.73. The van der Waals surface area contributed by atoms with Crippen molar-refractivity contribution in [2.45, 2.75) is 30.3 Å². The predicted octanol–water partition coefficient (Wildman–Crippen LogP) is -1.38. The van der Waals surface area contributed by atoms with Crippen LogP contribution in [0.3, 0.4) is 0 Å². The van der Waals surface area contributed by atoms with Gasteiger partial charge in [-0.15, -0.1) is 0 Å². The summed E-state index contributed by atoms with van der Waals surface area (Å²) in [7, 11) is 0. The molecule has 4 atom stereocenters. The summed E-state index contributed by atoms with van der Waals surface area (Å²) in [4.78, 5) is 11.0. The number of aliphatic hydroxyl groups excluding tert-OH is 3. The van der Waals surface area contributed by atoms with Gasteiger partial charge in [0.05, 0.1) is 6.61 Å². The molecule has 1 saturated heterocycles. The summed E-state index contributed by atoms with van der Waals surface area (Å²) in [6, 6.07) is 0. The Kier molecular flexibility index (Phi) is 2.94. The van der Waals surface area contributed by atoms with Crippen LogP contribution < -0.4 is 0 Å². The number of halogens is 1. The van der Waals surface area contributed by atoms with Crippen molar-refractivity contribution in [1.82, 2.24) is 0 Å². The molecule has 6 heteroatoms. The van der Waals surface area contributed by atoms with E-state index in [2.05, 4.69) is 0 Å². The molecular weight excluding hydrogens is 200 g/mol. The molecule has 3 N–H and O–H groups in total. The van der Waals surface area contributed by atoms with Gasteiger partial charge in [-0.25, -0.2) is 0 Å². The lowest BCUT2D eigenvalue weighted by atomic mass is 9.97. The Balaban J connectivity index is 2.85. The normalized spacial score (nSPS) is 46.1. The third-order valence-electron chi connectivity index (χ3n) is 2.04. The standard InChI is InChI=1S/C7H11ClO5/c1-3(9)7(8)6(12)5(11)4(10)2-13-7/h4-6,10-12H,2H2,1H3/t4-,5+,6-,7-/m1/s1. The molecule has 0 aromatic heterocycles. The Morgan fingerprint density at radius 1 is 1.54 bits per heavy atom. The number of hydrogen-bond donors (Lipinski definition) is 3. The predicted molar refractivity (Wildman–Crippen MR) is 43.2 cm³/mol. The largest absolute Gasteiger partial charge is 0.388 e. The van der Waals surface area contributed by atoms with Crippen LogP contribution in [-0.4, -0.2) is 51.1 Å². The fourth-order valence-electron chi connectivity index (χ4n) is 1.13. The Morgan fingerprint density at radius 3 is 2.54 bits per heavy atom. The second kappa shape index (κ2) is 3.51. The lowest BCUT2D eigenvalue weighted by Gasteiger charge is -2.39. The molecular formula is C7H11ClO5. The van der Waals surface area contributed by atoms with E-state index in [-0.39, 0.29) is 6.61 Å². The van der Waals surface area contributed by atoms with Crippen molar-refractivity contribution < 1.29 is 24.9 Å². The maximum atomic E-state index is 11.0. The van der Waals surface area contributed by atoms with Crippen molar-refractivity contribution in [3.8, 4) is 0 Å². The zero-order valence-electron chi connectivity index (χ0n) is 6.98. The average Bonchev–Trinajstić information content (AvgIpc) is 2.08. The molecule has 0 aromatic carbocycles. The van der Waals surface area contributed by atoms with Gasteiger partial charge >= 0.3 is 0 Å². The first kappa shape index (κ1) is 10.9. The minimum atomic E-state index is -1.93. The molecule has 1 rings (SSSR count). The van der Waals surface area contributed by atoms with Gasteiger partial charge in [0.2, 0.25) is 5.06 Å². The lowest BCUT2D eigenvalue weighted by Crippen LogP contribution is -2.60. The van der Waals surface area contributed by atoms with E-state index in [1.807, 2.05) is 0 Å². The fourth-order valence-corrected chi connectivity index (χ4v) is 1.32. The maximum absolute atomic E-state index is 11.0. The van der Waals surface area contributed by atoms with Crippen LogP contribution in [0.5, 0.6) is 0 Å². The van der Waals surface area contributed by atoms with Crippen LogP contribution in [0.1, 0.15) is 6.92 Å². The summed E-state index contributed by atoms with van der Waals surface area (Å²) < 4.78 is 4.78. The minimum Gasteiger partial charge on any atom is -0.388 e. The van der Waals surface area contributed by atoms with Crippen LogP contribution in [0.4, 0.5) is 0 Å². The van der Waals surface area contributed by atoms with Crippen molar-refractivity contribution in [1.29, 1.82) is 0 Å². The Hall–Kier alpha value is -0.200. The summed E-state index contributed by atoms with van der Waals surface area (Å²) in [5.41, 5.74) is 0. The monoisotopic (exact) mass is 210 g/mol. The van der Waals surface area contributed by atoms with Crippen molar-refractivity contribution in [2.24, 2.45) is 0 Å². The lowest BCUT2D eigenvalue weighted by molar-refractivity contribution is -0.203. The van der Waals surface area contributed by atoms with E-state index >= 15 is 0 Å². The first-order valence-corrected chi connectivity index (χ1v) is 4.15. The highest BCUT2D eigenvalue weighted by molar-refractivity contribution is 6.34. The third-order valence-corrected chi connectivity index (χ3v) is 2.64. The summed E-state index contributed by atoms with van der Waals surface area (Å²) in [5, 5.41) is 25.7. The van der Waals surface area contributed by atoms with Gasteiger partial charge in [-0.1, -0.05) is 11.6 Å². The highest BCUT2D eigenvalue weighted by atomic mass is 35.5. The van der Waals surface area contributed by atoms with Gasteiger partial charge in [0.15, 0.2) is 5.78 Å². The quantitative estimate of drug-likeness (QED) is 0.465. The topological polar surface area (TPSA) is 87.0 Å². The SMILES string of the molecule is CC(=O)[C@@]1(Cl)OC[C@@H](O)[C@H](O)[C@H]1O. The van der Waals surface area contributed by atoms with E-state index in [4.69, 9.17) is 21.4 Å². The molecule has 0 saturated carbocycles. The molecule has 13 heavy (non-hydrogen) atoms. The van der Waals surface area contributed by atoms with E-state index in [1.54, 1.807) is 0 Å². The number of rotatable bonds is 1. The minimum absolute atomic E-state index is 0.276. The Morgan fingerprint density at radius 2 is 2.08 bits per heavy atom. The second-order valence-corrected chi connectivity index (χ2v) is 3.58. The van der Waals surface area contributed by atoms with Gasteiger partial charge < -0.3 is 20.1 Å². The molecule has 76 valence electrons. The van der Waals surface area contributed by atoms with Crippen LogP contribution in [-0.2, 0) is 9.53 Å². The summed E-state index contributed by atoms with van der Waals surface area (Å²) in [6.07, 6.45) is -4.30. The molecule has 1 aliphatic heterocycles. The van der Waals surface area contributed by atoms with Gasteiger partial charge in [0.25, 0.3) is 0 Å². The van der Waals surface area contributed by atoms with Crippen molar-refractivity contribution in [3.05, 3.63) is 0 Å². The molecule has 0 radical (unpaired) electrons. The number of carbonyl (C=O) groups excluding carboxylic acids is 1. The second-order valence-electron chi connectivity index (χ2n) is 3.01. The van der Waals surface area contributed by atoms with Crippen molar-refractivity contribution in [2.75, 3.05) is 6.61 Å². The van der Waals surface area contributed by atoms with Crippen LogP contribution in [0, 0.1) is 0 Å². The number of Topliss-reactive ketones (excluding diaryl/α,β-unsaturated/α-hetero) is 1. The molecule has 0 aliphatic carbocycles. The highest BCUT2D eigenvalue weighted by Crippen LogP contribution is 2.30. The van der Waals surface area contributed by atoms with Gasteiger partial charge in [0, 0.05) is 0 Å². The first-order valence-electron chi connectivity index (χ1n) is 3.77. The Bertz CT molecular complexity index is 221. The van der Waals surface area contributed by atoms with Crippen LogP contribution in [0.15, 0.2) is 0 Å². The first-order chi connectivity index (χ1) is 5.89. The molecule has 0 bridgehead atoms. The van der Waals surface area contributed by atoms with Crippen molar-refractivity contribution >= 4 is 17.4 Å². The Labute approximate surface area is 79.9 Å². The number of ether oxygens (including phenoxy) is 1. The fraction of sp³-hybridized carbons (Fsp3) is 0.857. The number of hydrogen-bond acceptors (Lipinski definition) is 5. The summed E-state index contributed by atoms with van der Waals surface area (Å²) in [5.74, 6) is -0.604. The molecule has 0 amide bonds. The molecule has 1 fully saturated rings. The molecule has 1 heterocycles. The molecule has 0 unspecified atom stereocenters. The number of aliphatic hydroxyl groups is 3. The third kappa shape index (κ3) is 1.70. The molecule has 5 nitrogen and oxygen atoms in total. The average molecular weight is 211 g/mol. The zero-order chi connectivity index (χ0) is 10.2. The summed E-state index contributed by atoms with van der Waals surface area (Å²) >= 11 is 5.63. The molecule has 1 aliphatic rings. The van der Waals surface area contributed by atoms with Gasteiger partial charge in [0.1, 0.15) is 18.3 Å². The van der Waals surface area contributed by atoms with E-state index < -0.39 is 29.2 Å². The van der Waals surface area contributed by atoms with Crippen LogP contribution >= 0.6 is 11.6 Å². The van der Waals surface area contributed by atoms with Gasteiger partial charge in [-0.3, -0.25) is 4.79 Å². The molecule has 0 spiro atoms. The maximum Gasteiger partial charge on any atom is 0.228 e. The smallest absolute Gasteiger partial charge is 0.228 e. The van der Waals surface area contributed by atoms with E-state index in [1.165, 1.54) is 0 Å². The van der Waals surface area contributed by atoms with Crippen molar-refractivity contribution in [3.63, 3.8) is 0 Å². The van der Waals surface area contributed by atoms with E-state index in [9.17, 15) is 15.0 Å². The van der Waals surface area contributed by atoms with Crippen LogP contribution in [0.25, 0.3) is 0 Å². The van der Waals surface area contributed by atoms with Crippen LogP contribution in [0.2, 0.25) is 0 Å². The summed E-state index contributed by atoms with van der Waals surface area (Å²) in [6.45, 7) is 0.863. The van der Waals surface area contributed by atoms with Gasteiger partial charge in [-0.05, 0) is 6.92 Å². The molecule has 0 aromatic rings. The highest BCUT2D eigenvalue weighted by Gasteiger charge is 2.51. The number of ketones is 1. The number of carbonyl (C=O) groups is 1.